The number of aryl methyl sites for hydroxylation is 1. The van der Waals surface area contributed by atoms with Crippen molar-refractivity contribution in [3.8, 4) is 0 Å². The Labute approximate surface area is 96.0 Å². The van der Waals surface area contributed by atoms with E-state index >= 15 is 0 Å². The minimum Gasteiger partial charge on any atom is -0.340 e. The van der Waals surface area contributed by atoms with Crippen LogP contribution >= 0.6 is 15.9 Å². The maximum absolute atomic E-state index is 11.6. The number of hydrogen-bond donors (Lipinski definition) is 1. The van der Waals surface area contributed by atoms with Crippen LogP contribution in [0.15, 0.2) is 28.7 Å². The molecule has 1 aromatic heterocycles. The SMILES string of the molecule is Cn1c(C(=O)CN)cc2cccc(Br)c21. The number of ketones is 1. The number of nitrogens with two attached hydrogens (primary N) is 1. The van der Waals surface area contributed by atoms with Crippen molar-refractivity contribution in [2.24, 2.45) is 12.8 Å². The highest BCUT2D eigenvalue weighted by molar-refractivity contribution is 9.10. The quantitative estimate of drug-likeness (QED) is 0.847. The van der Waals surface area contributed by atoms with Gasteiger partial charge in [0.1, 0.15) is 0 Å². The van der Waals surface area contributed by atoms with Crippen molar-refractivity contribution in [2.75, 3.05) is 6.54 Å². The molecule has 0 aliphatic heterocycles. The van der Waals surface area contributed by atoms with Crippen LogP contribution in [0, 0.1) is 0 Å². The number of hydrogen-bond acceptors (Lipinski definition) is 2. The molecule has 0 aliphatic rings. The topological polar surface area (TPSA) is 48.0 Å². The second-order valence-corrected chi connectivity index (χ2v) is 4.25. The van der Waals surface area contributed by atoms with Crippen LogP contribution < -0.4 is 5.73 Å². The highest BCUT2D eigenvalue weighted by Gasteiger charge is 2.12. The molecule has 0 fully saturated rings. The van der Waals surface area contributed by atoms with Gasteiger partial charge in [-0.25, -0.2) is 0 Å². The van der Waals surface area contributed by atoms with E-state index in [1.165, 1.54) is 0 Å². The van der Waals surface area contributed by atoms with E-state index in [0.717, 1.165) is 15.4 Å². The Bertz CT molecular complexity index is 531. The van der Waals surface area contributed by atoms with Gasteiger partial charge in [-0.15, -0.1) is 0 Å². The zero-order valence-electron chi connectivity index (χ0n) is 8.33. The predicted molar refractivity (Wildman–Crippen MR) is 64.0 cm³/mol. The summed E-state index contributed by atoms with van der Waals surface area (Å²) in [5.74, 6) is -0.0411. The van der Waals surface area contributed by atoms with E-state index in [1.807, 2.05) is 35.9 Å². The molecule has 0 saturated carbocycles. The summed E-state index contributed by atoms with van der Waals surface area (Å²) in [6, 6.07) is 7.75. The number of aromatic nitrogens is 1. The molecule has 1 aromatic carbocycles. The number of carbonyl (C=O) groups excluding carboxylic acids is 1. The number of benzene rings is 1. The fourth-order valence-electron chi connectivity index (χ4n) is 1.74. The van der Waals surface area contributed by atoms with Gasteiger partial charge in [0.2, 0.25) is 0 Å². The highest BCUT2D eigenvalue weighted by Crippen LogP contribution is 2.26. The smallest absolute Gasteiger partial charge is 0.192 e. The van der Waals surface area contributed by atoms with Crippen molar-refractivity contribution in [3.63, 3.8) is 0 Å². The number of Topliss-reactive ketones (excluding diaryl/α,β-unsaturated/α-hetero) is 1. The van der Waals surface area contributed by atoms with E-state index < -0.39 is 0 Å². The second-order valence-electron chi connectivity index (χ2n) is 3.39. The lowest BCUT2D eigenvalue weighted by molar-refractivity contribution is 0.0994. The predicted octanol–water partition coefficient (Wildman–Crippen LogP) is 2.08. The van der Waals surface area contributed by atoms with Gasteiger partial charge in [0.15, 0.2) is 5.78 Å². The largest absolute Gasteiger partial charge is 0.340 e. The molecular weight excluding hydrogens is 256 g/mol. The summed E-state index contributed by atoms with van der Waals surface area (Å²) >= 11 is 3.47. The fraction of sp³-hybridized carbons (Fsp3) is 0.182. The molecular formula is C11H11BrN2O. The molecule has 0 saturated heterocycles. The summed E-state index contributed by atoms with van der Waals surface area (Å²) in [6.07, 6.45) is 0. The fourth-order valence-corrected chi connectivity index (χ4v) is 2.39. The first-order valence-electron chi connectivity index (χ1n) is 4.62. The van der Waals surface area contributed by atoms with Crippen molar-refractivity contribution < 1.29 is 4.79 Å². The van der Waals surface area contributed by atoms with Gasteiger partial charge in [-0.1, -0.05) is 12.1 Å². The van der Waals surface area contributed by atoms with E-state index in [-0.39, 0.29) is 12.3 Å². The van der Waals surface area contributed by atoms with Gasteiger partial charge >= 0.3 is 0 Å². The highest BCUT2D eigenvalue weighted by atomic mass is 79.9. The van der Waals surface area contributed by atoms with Crippen LogP contribution in [-0.2, 0) is 7.05 Å². The van der Waals surface area contributed by atoms with Crippen LogP contribution in [0.25, 0.3) is 10.9 Å². The van der Waals surface area contributed by atoms with E-state index in [9.17, 15) is 4.79 Å². The molecule has 78 valence electrons. The van der Waals surface area contributed by atoms with Gasteiger partial charge in [0.25, 0.3) is 0 Å². The number of rotatable bonds is 2. The van der Waals surface area contributed by atoms with Gasteiger partial charge in [0, 0.05) is 16.9 Å². The third-order valence-corrected chi connectivity index (χ3v) is 3.12. The van der Waals surface area contributed by atoms with Gasteiger partial charge < -0.3 is 10.3 Å². The Morgan fingerprint density at radius 2 is 2.27 bits per heavy atom. The summed E-state index contributed by atoms with van der Waals surface area (Å²) in [6.45, 7) is 0.0434. The van der Waals surface area contributed by atoms with Crippen LogP contribution in [0.3, 0.4) is 0 Å². The van der Waals surface area contributed by atoms with Crippen molar-refractivity contribution >= 4 is 32.6 Å². The van der Waals surface area contributed by atoms with Crippen LogP contribution in [0.4, 0.5) is 0 Å². The molecule has 0 aliphatic carbocycles. The molecule has 15 heavy (non-hydrogen) atoms. The normalized spacial score (nSPS) is 10.9. The lowest BCUT2D eigenvalue weighted by atomic mass is 10.2. The second kappa shape index (κ2) is 3.79. The Kier molecular flexibility index (Phi) is 2.63. The lowest BCUT2D eigenvalue weighted by Crippen LogP contribution is -2.16. The van der Waals surface area contributed by atoms with Gasteiger partial charge in [-0.05, 0) is 28.1 Å². The average Bonchev–Trinajstić information content (AvgIpc) is 2.56. The number of nitrogens with zero attached hydrogens (tertiary/aromatic N) is 1. The molecule has 3 nitrogen and oxygen atoms in total. The molecule has 0 amide bonds. The van der Waals surface area contributed by atoms with Gasteiger partial charge in [-0.3, -0.25) is 4.79 Å². The van der Waals surface area contributed by atoms with Crippen LogP contribution in [0.5, 0.6) is 0 Å². The third-order valence-electron chi connectivity index (χ3n) is 2.48. The van der Waals surface area contributed by atoms with Crippen LogP contribution in [-0.4, -0.2) is 16.9 Å². The Hall–Kier alpha value is -1.13. The minimum atomic E-state index is -0.0411. The molecule has 0 unspecified atom stereocenters. The zero-order chi connectivity index (χ0) is 11.0. The van der Waals surface area contributed by atoms with Gasteiger partial charge in [-0.2, -0.15) is 0 Å². The van der Waals surface area contributed by atoms with E-state index in [4.69, 9.17) is 5.73 Å². The van der Waals surface area contributed by atoms with Crippen LogP contribution in [0.2, 0.25) is 0 Å². The van der Waals surface area contributed by atoms with Gasteiger partial charge in [0.05, 0.1) is 17.8 Å². The lowest BCUT2D eigenvalue weighted by Gasteiger charge is -2.02. The van der Waals surface area contributed by atoms with E-state index in [1.54, 1.807) is 0 Å². The Morgan fingerprint density at radius 1 is 1.53 bits per heavy atom. The van der Waals surface area contributed by atoms with Crippen molar-refractivity contribution in [2.45, 2.75) is 0 Å². The molecule has 2 aromatic rings. The summed E-state index contributed by atoms with van der Waals surface area (Å²) in [7, 11) is 1.87. The molecule has 2 rings (SSSR count). The molecule has 2 N–H and O–H groups in total. The Morgan fingerprint density at radius 3 is 2.87 bits per heavy atom. The summed E-state index contributed by atoms with van der Waals surface area (Å²) in [4.78, 5) is 11.6. The Balaban J connectivity index is 2.75. The van der Waals surface area contributed by atoms with Crippen LogP contribution in [0.1, 0.15) is 10.5 Å². The first-order valence-corrected chi connectivity index (χ1v) is 5.41. The average molecular weight is 267 g/mol. The standard InChI is InChI=1S/C11H11BrN2O/c1-14-9(10(15)6-13)5-7-3-2-4-8(12)11(7)14/h2-5H,6,13H2,1H3. The van der Waals surface area contributed by atoms with Crippen molar-refractivity contribution in [3.05, 3.63) is 34.4 Å². The van der Waals surface area contributed by atoms with E-state index in [2.05, 4.69) is 15.9 Å². The number of carbonyl (C=O) groups is 1. The minimum absolute atomic E-state index is 0.0411. The molecule has 1 heterocycles. The maximum atomic E-state index is 11.6. The summed E-state index contributed by atoms with van der Waals surface area (Å²) in [5, 5.41) is 1.05. The third kappa shape index (κ3) is 1.60. The number of fused-ring (bicyclic) bond motifs is 1. The monoisotopic (exact) mass is 266 g/mol. The number of para-hydroxylation sites is 1. The molecule has 0 bridgehead atoms. The summed E-state index contributed by atoms with van der Waals surface area (Å²) < 4.78 is 2.85. The first kappa shape index (κ1) is 10.4. The molecule has 4 heteroatoms. The zero-order valence-corrected chi connectivity index (χ0v) is 9.91. The first-order chi connectivity index (χ1) is 7.15. The van der Waals surface area contributed by atoms with E-state index in [0.29, 0.717) is 5.69 Å². The number of halogens is 1. The summed E-state index contributed by atoms with van der Waals surface area (Å²) in [5.41, 5.74) is 7.03. The van der Waals surface area contributed by atoms with Crippen molar-refractivity contribution in [1.82, 2.24) is 4.57 Å². The maximum Gasteiger partial charge on any atom is 0.192 e. The molecule has 0 atom stereocenters. The molecule has 0 radical (unpaired) electrons. The van der Waals surface area contributed by atoms with Crippen molar-refractivity contribution in [1.29, 1.82) is 0 Å². The molecule has 0 spiro atoms.